The average molecular weight is 512 g/mol. The van der Waals surface area contributed by atoms with Crippen molar-refractivity contribution in [3.63, 3.8) is 0 Å². The van der Waals surface area contributed by atoms with Crippen LogP contribution in [0.3, 0.4) is 0 Å². The fraction of sp³-hybridized carbons (Fsp3) is 0.655. The summed E-state index contributed by atoms with van der Waals surface area (Å²) in [7, 11) is -0.00507. The first-order valence-electron chi connectivity index (χ1n) is 13.7. The summed E-state index contributed by atoms with van der Waals surface area (Å²) in [5.41, 5.74) is 0.214. The Labute approximate surface area is 214 Å². The van der Waals surface area contributed by atoms with E-state index in [9.17, 15) is 8.42 Å². The number of hydrogen-bond acceptors (Lipinski definition) is 6. The summed E-state index contributed by atoms with van der Waals surface area (Å²) in [6, 6.07) is 11.3. The van der Waals surface area contributed by atoms with Crippen molar-refractivity contribution in [2.24, 2.45) is 17.8 Å². The van der Waals surface area contributed by atoms with E-state index in [-0.39, 0.29) is 22.3 Å². The number of benzene rings is 2. The van der Waals surface area contributed by atoms with Gasteiger partial charge in [-0.3, -0.25) is 4.18 Å². The van der Waals surface area contributed by atoms with Crippen LogP contribution in [0, 0.1) is 17.8 Å². The highest BCUT2D eigenvalue weighted by Gasteiger charge is 2.69. The number of anilines is 1. The fourth-order valence-corrected chi connectivity index (χ4v) is 10.0. The van der Waals surface area contributed by atoms with Crippen LogP contribution in [0.25, 0.3) is 10.8 Å². The zero-order valence-corrected chi connectivity index (χ0v) is 22.2. The van der Waals surface area contributed by atoms with Crippen LogP contribution in [0.2, 0.25) is 0 Å². The molecule has 5 saturated carbocycles. The van der Waals surface area contributed by atoms with Gasteiger partial charge in [0, 0.05) is 42.4 Å². The second kappa shape index (κ2) is 7.92. The first-order valence-corrected chi connectivity index (χ1v) is 15.1. The average Bonchev–Trinajstić information content (AvgIpc) is 3.20. The van der Waals surface area contributed by atoms with Crippen LogP contribution in [0.5, 0.6) is 0 Å². The Hall–Kier alpha value is -1.67. The molecular weight excluding hydrogens is 474 g/mol. The molecule has 4 bridgehead atoms. The van der Waals surface area contributed by atoms with Gasteiger partial charge in [0.05, 0.1) is 17.8 Å². The van der Waals surface area contributed by atoms with Crippen LogP contribution in [0.1, 0.15) is 64.2 Å². The molecule has 0 aromatic heterocycles. The van der Waals surface area contributed by atoms with Crippen molar-refractivity contribution < 1.29 is 22.1 Å². The highest BCUT2D eigenvalue weighted by atomic mass is 32.2. The molecule has 3 unspecified atom stereocenters. The molecular formula is C29H37NO5S. The number of fused-ring (bicyclic) bond motifs is 1. The molecule has 1 saturated heterocycles. The molecule has 1 heterocycles. The van der Waals surface area contributed by atoms with E-state index in [0.717, 1.165) is 43.2 Å². The normalized spacial score (nSPS) is 36.8. The third-order valence-corrected chi connectivity index (χ3v) is 11.3. The third kappa shape index (κ3) is 3.42. The first-order chi connectivity index (χ1) is 17.2. The van der Waals surface area contributed by atoms with Gasteiger partial charge in [0.1, 0.15) is 4.90 Å². The Kier molecular flexibility index (Phi) is 5.16. The summed E-state index contributed by atoms with van der Waals surface area (Å²) < 4.78 is 47.7. The SMILES string of the molecule is CN(C)c1cccc2c(S(=O)(=O)OC34CC5C[C@H](C3)C3(OCC6(CCCCC6)O3)[C@@H](C5)C4)cccc12. The van der Waals surface area contributed by atoms with Gasteiger partial charge in [-0.15, -0.1) is 0 Å². The largest absolute Gasteiger partial charge is 0.377 e. The van der Waals surface area contributed by atoms with Crippen molar-refractivity contribution in [1.82, 2.24) is 0 Å². The molecule has 0 radical (unpaired) electrons. The van der Waals surface area contributed by atoms with Gasteiger partial charge in [0.2, 0.25) is 0 Å². The standard InChI is InChI=1S/C29H37NO5S/c1-30(2)25-10-6-9-24-23(25)8-7-11-26(24)36(31,32)35-28-16-20-14-21(17-28)29(22(15-20)18-28)33-19-27(34-29)12-4-3-5-13-27/h6-11,20-22H,3-5,12-19H2,1-2H3/t20?,21-,22+,28?,29?. The highest BCUT2D eigenvalue weighted by molar-refractivity contribution is 7.87. The van der Waals surface area contributed by atoms with Gasteiger partial charge in [0.15, 0.2) is 5.79 Å². The quantitative estimate of drug-likeness (QED) is 0.496. The zero-order valence-electron chi connectivity index (χ0n) is 21.4. The van der Waals surface area contributed by atoms with Gasteiger partial charge in [-0.05, 0) is 63.0 Å². The van der Waals surface area contributed by atoms with Crippen molar-refractivity contribution in [3.05, 3.63) is 36.4 Å². The minimum absolute atomic E-state index is 0.124. The molecule has 2 aromatic rings. The predicted molar refractivity (Wildman–Crippen MR) is 138 cm³/mol. The lowest BCUT2D eigenvalue weighted by Gasteiger charge is -2.62. The van der Waals surface area contributed by atoms with Gasteiger partial charge in [-0.2, -0.15) is 8.42 Å². The van der Waals surface area contributed by atoms with E-state index >= 15 is 0 Å². The predicted octanol–water partition coefficient (Wildman–Crippen LogP) is 5.64. The maximum Gasteiger partial charge on any atom is 0.298 e. The summed E-state index contributed by atoms with van der Waals surface area (Å²) in [6.45, 7) is 0.695. The van der Waals surface area contributed by atoms with E-state index < -0.39 is 21.5 Å². The number of ether oxygens (including phenoxy) is 2. The molecule has 0 N–H and O–H groups in total. The minimum atomic E-state index is -3.95. The van der Waals surface area contributed by atoms with Crippen molar-refractivity contribution in [2.45, 2.75) is 86.1 Å². The van der Waals surface area contributed by atoms with Crippen molar-refractivity contribution in [2.75, 3.05) is 25.6 Å². The summed E-state index contributed by atoms with van der Waals surface area (Å²) in [5, 5.41) is 1.63. The van der Waals surface area contributed by atoms with E-state index in [0.29, 0.717) is 30.8 Å². The van der Waals surface area contributed by atoms with Crippen LogP contribution in [0.4, 0.5) is 5.69 Å². The number of hydrogen-bond donors (Lipinski definition) is 0. The Morgan fingerprint density at radius 1 is 0.917 bits per heavy atom. The summed E-state index contributed by atoms with van der Waals surface area (Å²) in [6.07, 6.45) is 10.2. The van der Waals surface area contributed by atoms with Crippen molar-refractivity contribution >= 4 is 26.6 Å². The Balaban J connectivity index is 1.20. The monoisotopic (exact) mass is 511 g/mol. The molecule has 7 heteroatoms. The van der Waals surface area contributed by atoms with Gasteiger partial charge in [-0.25, -0.2) is 0 Å². The smallest absolute Gasteiger partial charge is 0.298 e. The van der Waals surface area contributed by atoms with Crippen LogP contribution in [-0.2, 0) is 23.8 Å². The number of rotatable bonds is 4. The molecule has 6 fully saturated rings. The van der Waals surface area contributed by atoms with Crippen molar-refractivity contribution in [3.8, 4) is 0 Å². The second-order valence-electron chi connectivity index (χ2n) is 12.4. The van der Waals surface area contributed by atoms with Gasteiger partial charge in [0.25, 0.3) is 10.1 Å². The Bertz CT molecular complexity index is 1280. The lowest BCUT2D eigenvalue weighted by molar-refractivity contribution is -0.323. The summed E-state index contributed by atoms with van der Waals surface area (Å²) in [5.74, 6) is 0.345. The molecule has 5 atom stereocenters. The lowest BCUT2D eigenvalue weighted by atomic mass is 9.51. The number of nitrogens with zero attached hydrogens (tertiary/aromatic N) is 1. The molecule has 1 aliphatic heterocycles. The van der Waals surface area contributed by atoms with Crippen LogP contribution in [-0.4, -0.2) is 46.1 Å². The molecule has 6 nitrogen and oxygen atoms in total. The lowest BCUT2D eigenvalue weighted by Crippen LogP contribution is -2.65. The molecule has 36 heavy (non-hydrogen) atoms. The molecule has 2 spiro atoms. The van der Waals surface area contributed by atoms with Gasteiger partial charge >= 0.3 is 0 Å². The van der Waals surface area contributed by atoms with E-state index in [1.165, 1.54) is 19.3 Å². The van der Waals surface area contributed by atoms with E-state index in [2.05, 4.69) is 0 Å². The molecule has 5 aliphatic carbocycles. The first kappa shape index (κ1) is 23.4. The topological polar surface area (TPSA) is 65.1 Å². The molecule has 0 amide bonds. The van der Waals surface area contributed by atoms with Crippen LogP contribution in [0.15, 0.2) is 41.3 Å². The highest BCUT2D eigenvalue weighted by Crippen LogP contribution is 2.66. The second-order valence-corrected chi connectivity index (χ2v) is 14.0. The summed E-state index contributed by atoms with van der Waals surface area (Å²) in [4.78, 5) is 2.28. The van der Waals surface area contributed by atoms with E-state index in [1.54, 1.807) is 6.07 Å². The van der Waals surface area contributed by atoms with E-state index in [4.69, 9.17) is 13.7 Å². The van der Waals surface area contributed by atoms with Crippen molar-refractivity contribution in [1.29, 1.82) is 0 Å². The molecule has 6 aliphatic rings. The third-order valence-electron chi connectivity index (χ3n) is 9.87. The van der Waals surface area contributed by atoms with Crippen LogP contribution < -0.4 is 4.90 Å². The minimum Gasteiger partial charge on any atom is -0.377 e. The zero-order chi connectivity index (χ0) is 24.8. The molecule has 8 rings (SSSR count). The summed E-state index contributed by atoms with van der Waals surface area (Å²) >= 11 is 0. The Morgan fingerprint density at radius 2 is 1.61 bits per heavy atom. The molecule has 2 aromatic carbocycles. The van der Waals surface area contributed by atoms with Crippen LogP contribution >= 0.6 is 0 Å². The maximum absolute atomic E-state index is 13.9. The fourth-order valence-electron chi connectivity index (χ4n) is 8.59. The van der Waals surface area contributed by atoms with E-state index in [1.807, 2.05) is 49.3 Å². The Morgan fingerprint density at radius 3 is 2.33 bits per heavy atom. The molecule has 194 valence electrons. The maximum atomic E-state index is 13.9. The van der Waals surface area contributed by atoms with Gasteiger partial charge < -0.3 is 14.4 Å². The van der Waals surface area contributed by atoms with Gasteiger partial charge in [-0.1, -0.05) is 43.5 Å².